The SMILES string of the molecule is CCS(=O)(=O)c1ccc(C(=O)N(C)CCNC)cc1.Cl. The number of hydrogen-bond acceptors (Lipinski definition) is 4. The monoisotopic (exact) mass is 320 g/mol. The lowest BCUT2D eigenvalue weighted by molar-refractivity contribution is 0.0797. The minimum Gasteiger partial charge on any atom is -0.340 e. The Bertz CT molecular complexity index is 529. The minimum atomic E-state index is -3.21. The van der Waals surface area contributed by atoms with Crippen LogP contribution in [0, 0.1) is 0 Å². The van der Waals surface area contributed by atoms with Crippen molar-refractivity contribution in [1.29, 1.82) is 0 Å². The highest BCUT2D eigenvalue weighted by Crippen LogP contribution is 2.13. The van der Waals surface area contributed by atoms with E-state index in [1.165, 1.54) is 12.1 Å². The molecule has 0 saturated carbocycles. The Morgan fingerprint density at radius 2 is 1.80 bits per heavy atom. The number of carbonyl (C=O) groups excluding carboxylic acids is 1. The fourth-order valence-corrected chi connectivity index (χ4v) is 2.46. The van der Waals surface area contributed by atoms with Crippen LogP contribution >= 0.6 is 12.4 Å². The van der Waals surface area contributed by atoms with Crippen molar-refractivity contribution in [3.8, 4) is 0 Å². The number of nitrogens with one attached hydrogen (secondary N) is 1. The van der Waals surface area contributed by atoms with E-state index in [2.05, 4.69) is 5.32 Å². The van der Waals surface area contributed by atoms with Gasteiger partial charge in [0.15, 0.2) is 9.84 Å². The molecule has 5 nitrogen and oxygen atoms in total. The van der Waals surface area contributed by atoms with Gasteiger partial charge in [0.05, 0.1) is 10.6 Å². The summed E-state index contributed by atoms with van der Waals surface area (Å²) in [7, 11) is 0.331. The normalized spacial score (nSPS) is 10.8. The summed E-state index contributed by atoms with van der Waals surface area (Å²) in [5, 5.41) is 2.97. The van der Waals surface area contributed by atoms with Crippen LogP contribution in [0.3, 0.4) is 0 Å². The Balaban J connectivity index is 0.00000361. The molecule has 0 heterocycles. The molecule has 1 aromatic carbocycles. The van der Waals surface area contributed by atoms with E-state index in [1.807, 2.05) is 7.05 Å². The van der Waals surface area contributed by atoms with Gasteiger partial charge in [-0.25, -0.2) is 8.42 Å². The largest absolute Gasteiger partial charge is 0.340 e. The lowest BCUT2D eigenvalue weighted by atomic mass is 10.2. The molecule has 0 saturated heterocycles. The topological polar surface area (TPSA) is 66.5 Å². The van der Waals surface area contributed by atoms with Gasteiger partial charge in [0.25, 0.3) is 5.91 Å². The van der Waals surface area contributed by atoms with Gasteiger partial charge < -0.3 is 10.2 Å². The molecule has 0 spiro atoms. The zero-order valence-electron chi connectivity index (χ0n) is 11.9. The number of likely N-dealkylation sites (N-methyl/N-ethyl adjacent to an activating group) is 2. The zero-order valence-corrected chi connectivity index (χ0v) is 13.6. The molecule has 1 rings (SSSR count). The molecule has 1 N–H and O–H groups in total. The predicted octanol–water partition coefficient (Wildman–Crippen LogP) is 1.19. The molecular weight excluding hydrogens is 300 g/mol. The number of sulfone groups is 1. The van der Waals surface area contributed by atoms with Crippen molar-refractivity contribution >= 4 is 28.2 Å². The Morgan fingerprint density at radius 3 is 2.25 bits per heavy atom. The number of benzene rings is 1. The van der Waals surface area contributed by atoms with Gasteiger partial charge in [-0.3, -0.25) is 4.79 Å². The van der Waals surface area contributed by atoms with E-state index in [4.69, 9.17) is 0 Å². The number of amides is 1. The lowest BCUT2D eigenvalue weighted by Gasteiger charge is -2.17. The number of nitrogens with zero attached hydrogens (tertiary/aromatic N) is 1. The molecule has 0 unspecified atom stereocenters. The Morgan fingerprint density at radius 1 is 1.25 bits per heavy atom. The first kappa shape index (κ1) is 18.9. The second-order valence-electron chi connectivity index (χ2n) is 4.26. The molecule has 1 aromatic rings. The van der Waals surface area contributed by atoms with E-state index < -0.39 is 9.84 Å². The summed E-state index contributed by atoms with van der Waals surface area (Å²) in [6, 6.07) is 6.08. The van der Waals surface area contributed by atoms with Gasteiger partial charge in [-0.15, -0.1) is 12.4 Å². The van der Waals surface area contributed by atoms with Gasteiger partial charge in [0.1, 0.15) is 0 Å². The van der Waals surface area contributed by atoms with Crippen LogP contribution < -0.4 is 5.32 Å². The van der Waals surface area contributed by atoms with Crippen LogP contribution in [0.1, 0.15) is 17.3 Å². The maximum atomic E-state index is 12.0. The summed E-state index contributed by atoms with van der Waals surface area (Å²) in [5.41, 5.74) is 0.494. The van der Waals surface area contributed by atoms with E-state index in [-0.39, 0.29) is 29.0 Å². The van der Waals surface area contributed by atoms with Crippen LogP contribution in [-0.2, 0) is 9.84 Å². The Labute approximate surface area is 126 Å². The molecule has 0 bridgehead atoms. The number of halogens is 1. The Hall–Kier alpha value is -1.11. The molecule has 1 amide bonds. The maximum Gasteiger partial charge on any atom is 0.253 e. The molecule has 0 radical (unpaired) electrons. The van der Waals surface area contributed by atoms with E-state index in [0.717, 1.165) is 0 Å². The second-order valence-corrected chi connectivity index (χ2v) is 6.54. The van der Waals surface area contributed by atoms with Gasteiger partial charge in [-0.1, -0.05) is 6.92 Å². The summed E-state index contributed by atoms with van der Waals surface area (Å²) >= 11 is 0. The van der Waals surface area contributed by atoms with Gasteiger partial charge in [-0.05, 0) is 31.3 Å². The molecule has 7 heteroatoms. The standard InChI is InChI=1S/C13H20N2O3S.ClH/c1-4-19(17,18)12-7-5-11(6-8-12)13(16)15(3)10-9-14-2;/h5-8,14H,4,9-10H2,1-3H3;1H. The highest BCUT2D eigenvalue weighted by atomic mass is 35.5. The highest BCUT2D eigenvalue weighted by molar-refractivity contribution is 7.91. The third-order valence-corrected chi connectivity index (χ3v) is 4.63. The van der Waals surface area contributed by atoms with E-state index in [9.17, 15) is 13.2 Å². The first-order valence-corrected chi connectivity index (χ1v) is 7.80. The summed E-state index contributed by atoms with van der Waals surface area (Å²) < 4.78 is 23.3. The quantitative estimate of drug-likeness (QED) is 0.855. The van der Waals surface area contributed by atoms with Crippen LogP contribution in [0.5, 0.6) is 0 Å². The minimum absolute atomic E-state index is 0. The van der Waals surface area contributed by atoms with Crippen molar-refractivity contribution in [3.63, 3.8) is 0 Å². The number of rotatable bonds is 6. The lowest BCUT2D eigenvalue weighted by Crippen LogP contribution is -2.32. The van der Waals surface area contributed by atoms with E-state index >= 15 is 0 Å². The zero-order chi connectivity index (χ0) is 14.5. The molecule has 20 heavy (non-hydrogen) atoms. The van der Waals surface area contributed by atoms with Crippen molar-refractivity contribution in [1.82, 2.24) is 10.2 Å². The molecule has 0 aromatic heterocycles. The summed E-state index contributed by atoms with van der Waals surface area (Å²) in [6.45, 7) is 2.91. The number of hydrogen-bond donors (Lipinski definition) is 1. The van der Waals surface area contributed by atoms with Crippen LogP contribution in [-0.4, -0.2) is 52.2 Å². The molecular formula is C13H21ClN2O3S. The van der Waals surface area contributed by atoms with Gasteiger partial charge >= 0.3 is 0 Å². The van der Waals surface area contributed by atoms with Crippen LogP contribution in [0.25, 0.3) is 0 Å². The summed E-state index contributed by atoms with van der Waals surface area (Å²) in [6.07, 6.45) is 0. The van der Waals surface area contributed by atoms with Gasteiger partial charge in [0.2, 0.25) is 0 Å². The van der Waals surface area contributed by atoms with Crippen molar-refractivity contribution in [2.24, 2.45) is 0 Å². The molecule has 0 atom stereocenters. The number of carbonyl (C=O) groups is 1. The maximum absolute atomic E-state index is 12.0. The summed E-state index contributed by atoms with van der Waals surface area (Å²) in [5.74, 6) is -0.0572. The highest BCUT2D eigenvalue weighted by Gasteiger charge is 2.14. The van der Waals surface area contributed by atoms with Crippen LogP contribution in [0.4, 0.5) is 0 Å². The first-order valence-electron chi connectivity index (χ1n) is 6.15. The molecule has 0 fully saturated rings. The smallest absolute Gasteiger partial charge is 0.253 e. The van der Waals surface area contributed by atoms with Crippen molar-refractivity contribution in [2.75, 3.05) is 32.9 Å². The molecule has 114 valence electrons. The van der Waals surface area contributed by atoms with E-state index in [1.54, 1.807) is 31.0 Å². The van der Waals surface area contributed by atoms with Crippen LogP contribution in [0.15, 0.2) is 29.2 Å². The second kappa shape index (κ2) is 8.24. The average Bonchev–Trinajstić information content (AvgIpc) is 2.44. The summed E-state index contributed by atoms with van der Waals surface area (Å²) in [4.78, 5) is 13.9. The average molecular weight is 321 g/mol. The van der Waals surface area contributed by atoms with Crippen molar-refractivity contribution < 1.29 is 13.2 Å². The van der Waals surface area contributed by atoms with Gasteiger partial charge in [-0.2, -0.15) is 0 Å². The third kappa shape index (κ3) is 4.77. The molecule has 0 aliphatic rings. The third-order valence-electron chi connectivity index (χ3n) is 2.88. The predicted molar refractivity (Wildman–Crippen MR) is 82.3 cm³/mol. The van der Waals surface area contributed by atoms with Crippen LogP contribution in [0.2, 0.25) is 0 Å². The molecule has 0 aliphatic heterocycles. The Kier molecular flexibility index (Phi) is 7.78. The van der Waals surface area contributed by atoms with Crippen molar-refractivity contribution in [2.45, 2.75) is 11.8 Å². The fourth-order valence-electron chi connectivity index (χ4n) is 1.57. The van der Waals surface area contributed by atoms with Gasteiger partial charge in [0, 0.05) is 25.7 Å². The first-order chi connectivity index (χ1) is 8.92. The fraction of sp³-hybridized carbons (Fsp3) is 0.462. The molecule has 0 aliphatic carbocycles. The van der Waals surface area contributed by atoms with Crippen molar-refractivity contribution in [3.05, 3.63) is 29.8 Å². The van der Waals surface area contributed by atoms with E-state index in [0.29, 0.717) is 18.7 Å².